The lowest BCUT2D eigenvalue weighted by atomic mass is 9.89. The first-order valence-corrected chi connectivity index (χ1v) is 7.92. The Labute approximate surface area is 120 Å². The van der Waals surface area contributed by atoms with Gasteiger partial charge >= 0.3 is 0 Å². The maximum atomic E-state index is 13.0. The standard InChI is InChI=1S/C17H22N2O/c20-17(19(14-7-8-14)11-12-5-6-12)16-10-18-9-13-3-1-2-4-15(13)16/h1-4,12,14,16,18H,5-11H2. The minimum absolute atomic E-state index is 0.0271. The molecule has 0 spiro atoms. The second-order valence-corrected chi connectivity index (χ2v) is 6.55. The van der Waals surface area contributed by atoms with Crippen LogP contribution in [0.3, 0.4) is 0 Å². The van der Waals surface area contributed by atoms with Gasteiger partial charge in [0.1, 0.15) is 0 Å². The van der Waals surface area contributed by atoms with Crippen molar-refractivity contribution in [3.05, 3.63) is 35.4 Å². The summed E-state index contributed by atoms with van der Waals surface area (Å²) in [7, 11) is 0. The van der Waals surface area contributed by atoms with Crippen LogP contribution in [0.25, 0.3) is 0 Å². The van der Waals surface area contributed by atoms with Gasteiger partial charge in [-0.3, -0.25) is 4.79 Å². The lowest BCUT2D eigenvalue weighted by molar-refractivity contribution is -0.133. The average molecular weight is 270 g/mol. The molecule has 2 saturated carbocycles. The number of nitrogens with one attached hydrogen (secondary N) is 1. The van der Waals surface area contributed by atoms with Crippen molar-refractivity contribution >= 4 is 5.91 Å². The molecule has 0 radical (unpaired) electrons. The van der Waals surface area contributed by atoms with E-state index in [1.807, 2.05) is 0 Å². The molecule has 1 N–H and O–H groups in total. The van der Waals surface area contributed by atoms with Gasteiger partial charge in [-0.05, 0) is 42.7 Å². The highest BCUT2D eigenvalue weighted by Gasteiger charge is 2.40. The quantitative estimate of drug-likeness (QED) is 0.910. The Hall–Kier alpha value is -1.35. The fourth-order valence-electron chi connectivity index (χ4n) is 3.30. The van der Waals surface area contributed by atoms with Crippen molar-refractivity contribution in [1.82, 2.24) is 10.2 Å². The van der Waals surface area contributed by atoms with Gasteiger partial charge in [0.25, 0.3) is 0 Å². The van der Waals surface area contributed by atoms with Crippen LogP contribution < -0.4 is 5.32 Å². The van der Waals surface area contributed by atoms with Crippen molar-refractivity contribution in [3.63, 3.8) is 0 Å². The molecule has 4 rings (SSSR count). The number of fused-ring (bicyclic) bond motifs is 1. The molecule has 0 bridgehead atoms. The van der Waals surface area contributed by atoms with Gasteiger partial charge in [-0.15, -0.1) is 0 Å². The van der Waals surface area contributed by atoms with Gasteiger partial charge in [0.15, 0.2) is 0 Å². The Morgan fingerprint density at radius 2 is 2.00 bits per heavy atom. The van der Waals surface area contributed by atoms with Crippen LogP contribution in [-0.2, 0) is 11.3 Å². The van der Waals surface area contributed by atoms with E-state index in [1.165, 1.54) is 36.8 Å². The number of nitrogens with zero attached hydrogens (tertiary/aromatic N) is 1. The zero-order chi connectivity index (χ0) is 13.5. The third-order valence-electron chi connectivity index (χ3n) is 4.82. The average Bonchev–Trinajstić information content (AvgIpc) is 3.37. The minimum Gasteiger partial charge on any atom is -0.339 e. The summed E-state index contributed by atoms with van der Waals surface area (Å²) in [5, 5.41) is 3.41. The Balaban J connectivity index is 1.58. The molecule has 3 heteroatoms. The van der Waals surface area contributed by atoms with Crippen LogP contribution in [-0.4, -0.2) is 29.9 Å². The first-order chi connectivity index (χ1) is 9.83. The molecule has 1 heterocycles. The normalized spacial score (nSPS) is 25.1. The topological polar surface area (TPSA) is 32.3 Å². The summed E-state index contributed by atoms with van der Waals surface area (Å²) in [4.78, 5) is 15.2. The highest BCUT2D eigenvalue weighted by molar-refractivity contribution is 5.85. The molecular weight excluding hydrogens is 248 g/mol. The molecule has 2 fully saturated rings. The number of carbonyl (C=O) groups excluding carboxylic acids is 1. The van der Waals surface area contributed by atoms with Crippen LogP contribution in [0.15, 0.2) is 24.3 Å². The minimum atomic E-state index is 0.0271. The summed E-state index contributed by atoms with van der Waals surface area (Å²) < 4.78 is 0. The van der Waals surface area contributed by atoms with E-state index < -0.39 is 0 Å². The Bertz CT molecular complexity index is 519. The number of hydrogen-bond donors (Lipinski definition) is 1. The Morgan fingerprint density at radius 1 is 1.20 bits per heavy atom. The van der Waals surface area contributed by atoms with Gasteiger partial charge < -0.3 is 10.2 Å². The molecule has 20 heavy (non-hydrogen) atoms. The van der Waals surface area contributed by atoms with Crippen LogP contribution >= 0.6 is 0 Å². The largest absolute Gasteiger partial charge is 0.339 e. The van der Waals surface area contributed by atoms with E-state index in [0.717, 1.165) is 25.6 Å². The molecule has 2 aliphatic carbocycles. The molecular formula is C17H22N2O. The molecule has 3 aliphatic rings. The summed E-state index contributed by atoms with van der Waals surface area (Å²) in [6.45, 7) is 2.69. The lowest BCUT2D eigenvalue weighted by Crippen LogP contribution is -2.43. The van der Waals surface area contributed by atoms with Gasteiger partial charge in [0, 0.05) is 25.7 Å². The molecule has 1 atom stereocenters. The molecule has 1 unspecified atom stereocenters. The first-order valence-electron chi connectivity index (χ1n) is 7.92. The smallest absolute Gasteiger partial charge is 0.231 e. The van der Waals surface area contributed by atoms with E-state index >= 15 is 0 Å². The Morgan fingerprint density at radius 3 is 2.75 bits per heavy atom. The number of amides is 1. The van der Waals surface area contributed by atoms with E-state index in [9.17, 15) is 4.79 Å². The molecule has 1 aliphatic heterocycles. The van der Waals surface area contributed by atoms with Crippen molar-refractivity contribution in [1.29, 1.82) is 0 Å². The predicted molar refractivity (Wildman–Crippen MR) is 78.3 cm³/mol. The fourth-order valence-corrected chi connectivity index (χ4v) is 3.30. The molecule has 106 valence electrons. The monoisotopic (exact) mass is 270 g/mol. The number of rotatable bonds is 4. The summed E-state index contributed by atoms with van der Waals surface area (Å²) in [5.41, 5.74) is 2.54. The molecule has 3 nitrogen and oxygen atoms in total. The summed E-state index contributed by atoms with van der Waals surface area (Å²) in [5.74, 6) is 1.17. The van der Waals surface area contributed by atoms with Crippen molar-refractivity contribution in [2.75, 3.05) is 13.1 Å². The van der Waals surface area contributed by atoms with E-state index in [-0.39, 0.29) is 5.92 Å². The van der Waals surface area contributed by atoms with Gasteiger partial charge in [0.05, 0.1) is 5.92 Å². The van der Waals surface area contributed by atoms with Crippen molar-refractivity contribution < 1.29 is 4.79 Å². The lowest BCUT2D eigenvalue weighted by Gasteiger charge is -2.31. The molecule has 1 aromatic carbocycles. The van der Waals surface area contributed by atoms with Crippen LogP contribution in [0.4, 0.5) is 0 Å². The number of hydrogen-bond acceptors (Lipinski definition) is 2. The number of carbonyl (C=O) groups is 1. The van der Waals surface area contributed by atoms with Crippen molar-refractivity contribution in [2.24, 2.45) is 5.92 Å². The third kappa shape index (κ3) is 2.35. The third-order valence-corrected chi connectivity index (χ3v) is 4.82. The van der Waals surface area contributed by atoms with Crippen LogP contribution in [0.2, 0.25) is 0 Å². The summed E-state index contributed by atoms with van der Waals surface area (Å²) >= 11 is 0. The van der Waals surface area contributed by atoms with Gasteiger partial charge in [-0.25, -0.2) is 0 Å². The van der Waals surface area contributed by atoms with Crippen LogP contribution in [0, 0.1) is 5.92 Å². The maximum Gasteiger partial charge on any atom is 0.231 e. The van der Waals surface area contributed by atoms with Crippen LogP contribution in [0.5, 0.6) is 0 Å². The van der Waals surface area contributed by atoms with E-state index in [0.29, 0.717) is 11.9 Å². The summed E-state index contributed by atoms with van der Waals surface area (Å²) in [6.07, 6.45) is 5.05. The van der Waals surface area contributed by atoms with Gasteiger partial charge in [0.2, 0.25) is 5.91 Å². The van der Waals surface area contributed by atoms with Crippen molar-refractivity contribution in [3.8, 4) is 0 Å². The molecule has 0 aromatic heterocycles. The van der Waals surface area contributed by atoms with E-state index in [4.69, 9.17) is 0 Å². The second-order valence-electron chi connectivity index (χ2n) is 6.55. The highest BCUT2D eigenvalue weighted by Crippen LogP contribution is 2.37. The van der Waals surface area contributed by atoms with E-state index in [1.54, 1.807) is 0 Å². The Kier molecular flexibility index (Phi) is 3.03. The van der Waals surface area contributed by atoms with Gasteiger partial charge in [-0.2, -0.15) is 0 Å². The SMILES string of the molecule is O=C(C1CNCc2ccccc21)N(CC1CC1)C1CC1. The maximum absolute atomic E-state index is 13.0. The fraction of sp³-hybridized carbons (Fsp3) is 0.588. The predicted octanol–water partition coefficient (Wildman–Crippen LogP) is 2.27. The summed E-state index contributed by atoms with van der Waals surface area (Å²) in [6, 6.07) is 8.95. The second kappa shape index (κ2) is 4.88. The zero-order valence-corrected chi connectivity index (χ0v) is 11.8. The molecule has 1 amide bonds. The van der Waals surface area contributed by atoms with Crippen LogP contribution in [0.1, 0.15) is 42.7 Å². The van der Waals surface area contributed by atoms with E-state index in [2.05, 4.69) is 34.5 Å². The van der Waals surface area contributed by atoms with Gasteiger partial charge in [-0.1, -0.05) is 24.3 Å². The zero-order valence-electron chi connectivity index (χ0n) is 11.8. The first kappa shape index (κ1) is 12.4. The van der Waals surface area contributed by atoms with Crippen molar-refractivity contribution in [2.45, 2.75) is 44.2 Å². The molecule has 1 aromatic rings. The molecule has 0 saturated heterocycles. The highest BCUT2D eigenvalue weighted by atomic mass is 16.2. The number of benzene rings is 1.